The normalized spacial score (nSPS) is 16.1. The molecule has 42 heavy (non-hydrogen) atoms. The molecule has 1 aromatic carbocycles. The second kappa shape index (κ2) is 14.5. The highest BCUT2D eigenvalue weighted by Crippen LogP contribution is 2.43. The predicted octanol–water partition coefficient (Wildman–Crippen LogP) is 3.79. The van der Waals surface area contributed by atoms with Crippen molar-refractivity contribution in [3.05, 3.63) is 41.0 Å². The first-order valence-electron chi connectivity index (χ1n) is 13.2. The number of nitrogens with zero attached hydrogens (tertiary/aromatic N) is 3. The summed E-state index contributed by atoms with van der Waals surface area (Å²) in [6, 6.07) is 5.93. The van der Waals surface area contributed by atoms with Crippen molar-refractivity contribution in [1.29, 1.82) is 0 Å². The Bertz CT molecular complexity index is 1320. The van der Waals surface area contributed by atoms with Gasteiger partial charge in [-0.15, -0.1) is 0 Å². The summed E-state index contributed by atoms with van der Waals surface area (Å²) in [7, 11) is 0. The van der Waals surface area contributed by atoms with Crippen LogP contribution in [-0.4, -0.2) is 70.1 Å². The van der Waals surface area contributed by atoms with Gasteiger partial charge in [0, 0.05) is 25.7 Å². The Labute approximate surface area is 237 Å². The zero-order chi connectivity index (χ0) is 30.9. The lowest BCUT2D eigenvalue weighted by Crippen LogP contribution is -2.37. The van der Waals surface area contributed by atoms with Gasteiger partial charge in [-0.05, 0) is 55.0 Å². The van der Waals surface area contributed by atoms with E-state index in [1.54, 1.807) is 6.92 Å². The summed E-state index contributed by atoms with van der Waals surface area (Å²) in [5.41, 5.74) is 13.0. The highest BCUT2D eigenvalue weighted by molar-refractivity contribution is 5.91. The fourth-order valence-electron chi connectivity index (χ4n) is 3.99. The number of aromatic nitrogens is 4. The number of H-pyrrole nitrogens is 1. The molecule has 0 atom stereocenters. The van der Waals surface area contributed by atoms with Gasteiger partial charge in [0.25, 0.3) is 5.91 Å². The van der Waals surface area contributed by atoms with E-state index in [4.69, 9.17) is 16.2 Å². The van der Waals surface area contributed by atoms with Gasteiger partial charge in [-0.1, -0.05) is 11.2 Å². The lowest BCUT2D eigenvalue weighted by Gasteiger charge is -2.33. The molecule has 3 aromatic rings. The first-order chi connectivity index (χ1) is 19.7. The van der Waals surface area contributed by atoms with E-state index in [9.17, 15) is 31.5 Å². The van der Waals surface area contributed by atoms with Gasteiger partial charge in [-0.25, -0.2) is 18.4 Å². The average Bonchev–Trinajstić information content (AvgIpc) is 3.43. The van der Waals surface area contributed by atoms with E-state index in [1.807, 2.05) is 18.2 Å². The van der Waals surface area contributed by atoms with E-state index >= 15 is 0 Å². The third-order valence-corrected chi connectivity index (χ3v) is 6.16. The molecule has 2 amide bonds. The molecule has 0 unspecified atom stereocenters. The van der Waals surface area contributed by atoms with Crippen LogP contribution in [0.4, 0.5) is 22.0 Å². The molecule has 2 aliphatic rings. The Morgan fingerprint density at radius 3 is 2.36 bits per heavy atom. The van der Waals surface area contributed by atoms with Crippen LogP contribution >= 0.6 is 0 Å². The number of rotatable bonds is 11. The van der Waals surface area contributed by atoms with Crippen molar-refractivity contribution in [2.75, 3.05) is 19.8 Å². The second-order valence-corrected chi connectivity index (χ2v) is 10.1. The standard InChI is InChI=1S/C16H19F3N2O2.C6H9F2NO.C4H5N3O2/c17-16(18,19)10-22-7-6-15-20-13-4-1-11(9-14(13)21-15)5-8-23-12-2-3-12;7-6(8)2-4(3-6)1-5(9)10;1-2-3(4(5)8)7-9-6-2/h1,4,9,12H,2-3,5-8,10H2,(H,20,21);4H,1-3H2,(H2,9,10);1H3,(H2,5,8). The number of fused-ring (bicyclic) bond motifs is 1. The molecule has 16 heteroatoms. The number of benzene rings is 1. The second-order valence-electron chi connectivity index (χ2n) is 10.1. The molecule has 232 valence electrons. The maximum atomic E-state index is 12.1. The largest absolute Gasteiger partial charge is 0.411 e. The quantitative estimate of drug-likeness (QED) is 0.219. The number of alkyl halides is 5. The van der Waals surface area contributed by atoms with E-state index in [-0.39, 0.29) is 37.5 Å². The summed E-state index contributed by atoms with van der Waals surface area (Å²) in [5.74, 6) is -3.17. The monoisotopic (exact) mass is 604 g/mol. The number of halogens is 5. The maximum absolute atomic E-state index is 12.1. The van der Waals surface area contributed by atoms with Crippen molar-refractivity contribution in [2.24, 2.45) is 17.4 Å². The summed E-state index contributed by atoms with van der Waals surface area (Å²) in [5, 5.41) is 6.61. The number of hydrogen-bond acceptors (Lipinski definition) is 8. The average molecular weight is 605 g/mol. The Kier molecular flexibility index (Phi) is 11.3. The molecule has 0 aliphatic heterocycles. The fourth-order valence-corrected chi connectivity index (χ4v) is 3.99. The molecule has 2 aromatic heterocycles. The summed E-state index contributed by atoms with van der Waals surface area (Å²) >= 11 is 0. The van der Waals surface area contributed by atoms with Crippen molar-refractivity contribution in [3.63, 3.8) is 0 Å². The molecule has 2 heterocycles. The minimum atomic E-state index is -4.29. The number of aromatic amines is 1. The molecule has 0 saturated heterocycles. The molecule has 2 aliphatic carbocycles. The number of carbonyl (C=O) groups excluding carboxylic acids is 2. The zero-order valence-corrected chi connectivity index (χ0v) is 22.9. The zero-order valence-electron chi connectivity index (χ0n) is 22.9. The van der Waals surface area contributed by atoms with Gasteiger partial charge >= 0.3 is 6.18 Å². The maximum Gasteiger partial charge on any atom is 0.411 e. The van der Waals surface area contributed by atoms with Gasteiger partial charge in [0.15, 0.2) is 5.69 Å². The molecule has 2 saturated carbocycles. The minimum absolute atomic E-state index is 0.0125. The van der Waals surface area contributed by atoms with Gasteiger partial charge < -0.3 is 25.9 Å². The Morgan fingerprint density at radius 2 is 1.83 bits per heavy atom. The summed E-state index contributed by atoms with van der Waals surface area (Å²) in [6.07, 6.45) is -0.569. The third-order valence-electron chi connectivity index (χ3n) is 6.16. The smallest absolute Gasteiger partial charge is 0.378 e. The molecule has 0 spiro atoms. The van der Waals surface area contributed by atoms with Crippen LogP contribution < -0.4 is 11.5 Å². The number of nitrogens with two attached hydrogens (primary N) is 2. The Hall–Kier alpha value is -3.66. The van der Waals surface area contributed by atoms with Crippen molar-refractivity contribution in [1.82, 2.24) is 20.3 Å². The van der Waals surface area contributed by atoms with Crippen molar-refractivity contribution >= 4 is 22.8 Å². The molecule has 11 nitrogen and oxygen atoms in total. The highest BCUT2D eigenvalue weighted by Gasteiger charge is 2.45. The van der Waals surface area contributed by atoms with Crippen LogP contribution in [0.2, 0.25) is 0 Å². The fraction of sp³-hybridized carbons (Fsp3) is 0.577. The number of hydrogen-bond donors (Lipinski definition) is 3. The Morgan fingerprint density at radius 1 is 1.12 bits per heavy atom. The highest BCUT2D eigenvalue weighted by atomic mass is 19.4. The van der Waals surface area contributed by atoms with E-state index < -0.39 is 30.5 Å². The molecular weight excluding hydrogens is 571 g/mol. The van der Waals surface area contributed by atoms with Gasteiger partial charge in [0.2, 0.25) is 11.8 Å². The number of carbonyl (C=O) groups is 2. The van der Waals surface area contributed by atoms with Crippen LogP contribution in [0.15, 0.2) is 22.8 Å². The van der Waals surface area contributed by atoms with Gasteiger partial charge in [-0.3, -0.25) is 9.59 Å². The predicted molar refractivity (Wildman–Crippen MR) is 138 cm³/mol. The number of amides is 2. The minimum Gasteiger partial charge on any atom is -0.378 e. The first kappa shape index (κ1) is 32.8. The first-order valence-corrected chi connectivity index (χ1v) is 13.2. The molecule has 5 rings (SSSR count). The lowest BCUT2D eigenvalue weighted by molar-refractivity contribution is -0.173. The van der Waals surface area contributed by atoms with E-state index in [2.05, 4.69) is 29.6 Å². The molecule has 0 radical (unpaired) electrons. The molecule has 2 fully saturated rings. The topological polar surface area (TPSA) is 172 Å². The van der Waals surface area contributed by atoms with E-state index in [0.29, 0.717) is 30.7 Å². The SMILES string of the molecule is Cc1nonc1C(N)=O.FC(F)(F)COCCc1nc2ccc(CCOC3CC3)cc2[nH]1.NC(=O)CC1CC(F)(F)C1. The van der Waals surface area contributed by atoms with Crippen molar-refractivity contribution in [2.45, 2.75) is 70.1 Å². The van der Waals surface area contributed by atoms with Gasteiger partial charge in [-0.2, -0.15) is 13.2 Å². The lowest BCUT2D eigenvalue weighted by atomic mass is 9.79. The van der Waals surface area contributed by atoms with E-state index in [1.165, 1.54) is 12.8 Å². The number of primary amides is 2. The molecule has 0 bridgehead atoms. The van der Waals surface area contributed by atoms with Crippen LogP contribution in [0.25, 0.3) is 11.0 Å². The summed E-state index contributed by atoms with van der Waals surface area (Å²) < 4.78 is 74.6. The van der Waals surface area contributed by atoms with Crippen LogP contribution in [0, 0.1) is 12.8 Å². The Balaban J connectivity index is 0.000000209. The van der Waals surface area contributed by atoms with Crippen LogP contribution in [0.5, 0.6) is 0 Å². The van der Waals surface area contributed by atoms with Crippen molar-refractivity contribution in [3.8, 4) is 0 Å². The number of imidazole rings is 1. The third kappa shape index (κ3) is 11.7. The molecule has 5 N–H and O–H groups in total. The molecular formula is C26H33F5N6O5. The number of ether oxygens (including phenoxy) is 2. The van der Waals surface area contributed by atoms with Crippen LogP contribution in [0.1, 0.15) is 59.7 Å². The summed E-state index contributed by atoms with van der Waals surface area (Å²) in [6.45, 7) is 1.07. The van der Waals surface area contributed by atoms with Gasteiger partial charge in [0.05, 0.1) is 30.4 Å². The number of nitrogens with one attached hydrogen (secondary N) is 1. The van der Waals surface area contributed by atoms with Crippen LogP contribution in [0.3, 0.4) is 0 Å². The number of aryl methyl sites for hydroxylation is 1. The van der Waals surface area contributed by atoms with Crippen LogP contribution in [-0.2, 0) is 27.1 Å². The van der Waals surface area contributed by atoms with Crippen molar-refractivity contribution < 1.29 is 45.6 Å². The van der Waals surface area contributed by atoms with Gasteiger partial charge in [0.1, 0.15) is 18.1 Å². The summed E-state index contributed by atoms with van der Waals surface area (Å²) in [4.78, 5) is 28.0. The van der Waals surface area contributed by atoms with E-state index in [0.717, 1.165) is 23.0 Å².